The summed E-state index contributed by atoms with van der Waals surface area (Å²) in [6, 6.07) is 0.0447. The molecule has 1 heterocycles. The van der Waals surface area contributed by atoms with Gasteiger partial charge in [-0.1, -0.05) is 38.5 Å². The molecule has 0 unspecified atom stereocenters. The number of urea groups is 1. The van der Waals surface area contributed by atoms with Crippen molar-refractivity contribution in [2.75, 3.05) is 19.6 Å². The molecule has 18 heavy (non-hydrogen) atoms. The third-order valence-corrected chi connectivity index (χ3v) is 4.39. The summed E-state index contributed by atoms with van der Waals surface area (Å²) in [6.07, 6.45) is 13.0. The predicted molar refractivity (Wildman–Crippen MR) is 73.6 cm³/mol. The molecule has 3 heteroatoms. The summed E-state index contributed by atoms with van der Waals surface area (Å²) in [5.41, 5.74) is 0. The van der Waals surface area contributed by atoms with Gasteiger partial charge in [-0.15, -0.1) is 0 Å². The number of carbonyl (C=O) groups excluding carboxylic acids is 1. The third-order valence-electron chi connectivity index (χ3n) is 4.39. The zero-order chi connectivity index (χ0) is 12.6. The number of likely N-dealkylation sites (tertiary alicyclic amines) is 1. The molecule has 103 valence electrons. The molecule has 2 rings (SSSR count). The van der Waals surface area contributed by atoms with Crippen LogP contribution in [0.5, 0.6) is 0 Å². The molecule has 2 fully saturated rings. The summed E-state index contributed by atoms with van der Waals surface area (Å²) < 4.78 is 0. The largest absolute Gasteiger partial charge is 0.338 e. The first-order chi connectivity index (χ1) is 8.86. The van der Waals surface area contributed by atoms with Crippen LogP contribution >= 0.6 is 0 Å². The van der Waals surface area contributed by atoms with Gasteiger partial charge in [0.15, 0.2) is 0 Å². The summed E-state index contributed by atoms with van der Waals surface area (Å²) in [5, 5.41) is 4.26. The topological polar surface area (TPSA) is 34.4 Å². The van der Waals surface area contributed by atoms with Crippen LogP contribution in [0, 0.1) is 5.92 Å². The zero-order valence-electron chi connectivity index (χ0n) is 11.6. The van der Waals surface area contributed by atoms with Crippen molar-refractivity contribution < 1.29 is 4.79 Å². The molecule has 1 radical (unpaired) electrons. The zero-order valence-corrected chi connectivity index (χ0v) is 11.6. The summed E-state index contributed by atoms with van der Waals surface area (Å²) in [4.78, 5) is 13.8. The first-order valence-electron chi connectivity index (χ1n) is 7.82. The van der Waals surface area contributed by atoms with Crippen LogP contribution in [-0.2, 0) is 0 Å². The van der Waals surface area contributed by atoms with E-state index in [1.54, 1.807) is 0 Å². The van der Waals surface area contributed by atoms with Crippen LogP contribution in [0.15, 0.2) is 0 Å². The standard InChI is InChI=1S/C15H27N2O/c18-15(17-12-6-3-7-13-17)16-11-10-14-8-4-1-2-5-9-14/h14H,1-13H2. The van der Waals surface area contributed by atoms with Crippen molar-refractivity contribution in [1.29, 1.82) is 0 Å². The third kappa shape index (κ3) is 4.51. The molecule has 1 saturated carbocycles. The maximum absolute atomic E-state index is 11.9. The van der Waals surface area contributed by atoms with Gasteiger partial charge in [0, 0.05) is 19.6 Å². The number of carbonyl (C=O) groups is 1. The van der Waals surface area contributed by atoms with E-state index in [0.717, 1.165) is 44.8 Å². The lowest BCUT2D eigenvalue weighted by molar-refractivity contribution is 0.184. The second kappa shape index (κ2) is 7.65. The number of hydrogen-bond acceptors (Lipinski definition) is 1. The highest BCUT2D eigenvalue weighted by molar-refractivity contribution is 5.73. The quantitative estimate of drug-likeness (QED) is 0.706. The van der Waals surface area contributed by atoms with E-state index in [2.05, 4.69) is 5.32 Å². The molecule has 2 amide bonds. The fraction of sp³-hybridized carbons (Fsp3) is 0.933. The fourth-order valence-electron chi connectivity index (χ4n) is 3.18. The van der Waals surface area contributed by atoms with Crippen molar-refractivity contribution >= 4 is 6.03 Å². The number of piperidine rings is 1. The molecule has 0 aromatic carbocycles. The molecule has 0 atom stereocenters. The van der Waals surface area contributed by atoms with Gasteiger partial charge in [0.1, 0.15) is 0 Å². The summed E-state index contributed by atoms with van der Waals surface area (Å²) in [6.45, 7) is 2.59. The molecule has 0 aromatic rings. The average Bonchev–Trinajstić information content (AvgIpc) is 2.68. The first-order valence-corrected chi connectivity index (χ1v) is 7.82. The van der Waals surface area contributed by atoms with E-state index in [1.165, 1.54) is 44.9 Å². The Morgan fingerprint density at radius 1 is 0.944 bits per heavy atom. The lowest BCUT2D eigenvalue weighted by atomic mass is 9.97. The van der Waals surface area contributed by atoms with E-state index in [4.69, 9.17) is 0 Å². The van der Waals surface area contributed by atoms with Gasteiger partial charge in [-0.3, -0.25) is 0 Å². The summed E-state index contributed by atoms with van der Waals surface area (Å²) in [5.74, 6) is 0.824. The number of rotatable bonds is 3. The fourth-order valence-corrected chi connectivity index (χ4v) is 3.18. The number of hydrogen-bond donors (Lipinski definition) is 0. The Balaban J connectivity index is 1.60. The molecular weight excluding hydrogens is 224 g/mol. The van der Waals surface area contributed by atoms with Crippen LogP contribution in [0.3, 0.4) is 0 Å². The van der Waals surface area contributed by atoms with Gasteiger partial charge in [-0.05, 0) is 31.6 Å². The Hall–Kier alpha value is -0.730. The molecule has 1 aliphatic heterocycles. The van der Waals surface area contributed by atoms with Crippen LogP contribution in [0.4, 0.5) is 4.79 Å². The van der Waals surface area contributed by atoms with Gasteiger partial charge in [-0.25, -0.2) is 10.1 Å². The number of nitrogens with zero attached hydrogens (tertiary/aromatic N) is 2. The molecule has 2 aliphatic rings. The van der Waals surface area contributed by atoms with Gasteiger partial charge in [0.05, 0.1) is 0 Å². The van der Waals surface area contributed by atoms with Crippen LogP contribution in [0.1, 0.15) is 64.2 Å². The molecule has 0 spiro atoms. The van der Waals surface area contributed by atoms with E-state index in [1.807, 2.05) is 4.90 Å². The van der Waals surface area contributed by atoms with Crippen molar-refractivity contribution in [2.45, 2.75) is 64.2 Å². The van der Waals surface area contributed by atoms with Gasteiger partial charge in [0.25, 0.3) is 0 Å². The van der Waals surface area contributed by atoms with E-state index in [9.17, 15) is 4.79 Å². The summed E-state index contributed by atoms with van der Waals surface area (Å²) in [7, 11) is 0. The predicted octanol–water partition coefficient (Wildman–Crippen LogP) is 3.56. The minimum Gasteiger partial charge on any atom is -0.323 e. The van der Waals surface area contributed by atoms with Crippen LogP contribution in [0.25, 0.3) is 0 Å². The highest BCUT2D eigenvalue weighted by Crippen LogP contribution is 2.25. The smallest absolute Gasteiger partial charge is 0.323 e. The van der Waals surface area contributed by atoms with Gasteiger partial charge >= 0.3 is 6.03 Å². The molecule has 1 saturated heterocycles. The Morgan fingerprint density at radius 2 is 1.56 bits per heavy atom. The monoisotopic (exact) mass is 251 g/mol. The second-order valence-corrected chi connectivity index (χ2v) is 5.86. The average molecular weight is 251 g/mol. The summed E-state index contributed by atoms with van der Waals surface area (Å²) >= 11 is 0. The van der Waals surface area contributed by atoms with Gasteiger partial charge in [-0.2, -0.15) is 0 Å². The van der Waals surface area contributed by atoms with Gasteiger partial charge in [0.2, 0.25) is 0 Å². The first kappa shape index (κ1) is 13.7. The van der Waals surface area contributed by atoms with Crippen LogP contribution < -0.4 is 5.32 Å². The van der Waals surface area contributed by atoms with E-state index in [0.29, 0.717) is 0 Å². The van der Waals surface area contributed by atoms with Crippen molar-refractivity contribution in [2.24, 2.45) is 5.92 Å². The Kier molecular flexibility index (Phi) is 5.82. The van der Waals surface area contributed by atoms with Crippen LogP contribution in [-0.4, -0.2) is 30.6 Å². The van der Waals surface area contributed by atoms with Crippen molar-refractivity contribution in [3.05, 3.63) is 0 Å². The molecule has 3 nitrogen and oxygen atoms in total. The lowest BCUT2D eigenvalue weighted by Crippen LogP contribution is -2.40. The number of amides is 2. The second-order valence-electron chi connectivity index (χ2n) is 5.86. The van der Waals surface area contributed by atoms with E-state index >= 15 is 0 Å². The van der Waals surface area contributed by atoms with Crippen molar-refractivity contribution in [1.82, 2.24) is 10.2 Å². The van der Waals surface area contributed by atoms with Gasteiger partial charge < -0.3 is 4.90 Å². The Bertz CT molecular complexity index is 241. The minimum absolute atomic E-state index is 0.0447. The van der Waals surface area contributed by atoms with Crippen LogP contribution in [0.2, 0.25) is 0 Å². The maximum atomic E-state index is 11.9. The normalized spacial score (nSPS) is 22.6. The molecule has 0 bridgehead atoms. The minimum atomic E-state index is 0.0447. The SMILES string of the molecule is O=C([N]CCC1CCCCCC1)N1CCCCC1. The highest BCUT2D eigenvalue weighted by Gasteiger charge is 2.18. The molecule has 1 aliphatic carbocycles. The van der Waals surface area contributed by atoms with Crippen molar-refractivity contribution in [3.63, 3.8) is 0 Å². The molecule has 0 N–H and O–H groups in total. The molecule has 0 aromatic heterocycles. The van der Waals surface area contributed by atoms with E-state index < -0.39 is 0 Å². The Morgan fingerprint density at radius 3 is 2.22 bits per heavy atom. The van der Waals surface area contributed by atoms with E-state index in [-0.39, 0.29) is 6.03 Å². The molecular formula is C15H27N2O. The highest BCUT2D eigenvalue weighted by atomic mass is 16.2. The maximum Gasteiger partial charge on any atom is 0.338 e. The lowest BCUT2D eigenvalue weighted by Gasteiger charge is -2.26. The Labute approximate surface area is 111 Å². The van der Waals surface area contributed by atoms with Crippen molar-refractivity contribution in [3.8, 4) is 0 Å².